The van der Waals surface area contributed by atoms with E-state index in [0.29, 0.717) is 26.9 Å². The molecule has 2 aromatic carbocycles. The summed E-state index contributed by atoms with van der Waals surface area (Å²) in [5.74, 6) is 0.817. The predicted molar refractivity (Wildman–Crippen MR) is 108 cm³/mol. The Hall–Kier alpha value is -2.80. The zero-order chi connectivity index (χ0) is 20.3. The summed E-state index contributed by atoms with van der Waals surface area (Å²) < 4.78 is 25.2. The van der Waals surface area contributed by atoms with Crippen LogP contribution >= 0.6 is 11.3 Å². The zero-order valence-corrected chi connectivity index (χ0v) is 17.0. The number of carbonyl (C=O) groups excluding carboxylic acids is 1. The number of ether oxygens (including phenoxy) is 2. The molecule has 28 heavy (non-hydrogen) atoms. The largest absolute Gasteiger partial charge is 0.496 e. The minimum Gasteiger partial charge on any atom is -0.496 e. The number of hydrogen-bond acceptors (Lipinski definition) is 6. The van der Waals surface area contributed by atoms with Crippen molar-refractivity contribution < 1.29 is 18.7 Å². The van der Waals surface area contributed by atoms with Crippen LogP contribution in [0.4, 0.5) is 4.39 Å². The van der Waals surface area contributed by atoms with Gasteiger partial charge in [0.25, 0.3) is 0 Å². The molecule has 0 aliphatic rings. The van der Waals surface area contributed by atoms with Crippen molar-refractivity contribution in [2.24, 2.45) is 0 Å². The van der Waals surface area contributed by atoms with E-state index in [9.17, 15) is 9.18 Å². The molecule has 146 valence electrons. The Morgan fingerprint density at radius 1 is 1.18 bits per heavy atom. The number of rotatable bonds is 7. The van der Waals surface area contributed by atoms with Crippen molar-refractivity contribution in [3.63, 3.8) is 0 Å². The molecule has 3 rings (SSSR count). The number of halogens is 1. The Morgan fingerprint density at radius 3 is 2.57 bits per heavy atom. The fraction of sp³-hybridized carbons (Fsp3) is 0.286. The molecule has 0 bridgehead atoms. The summed E-state index contributed by atoms with van der Waals surface area (Å²) >= 11 is 1.33. The molecule has 0 saturated heterocycles. The van der Waals surface area contributed by atoms with E-state index in [1.807, 2.05) is 39.0 Å². The number of aromatic nitrogens is 2. The summed E-state index contributed by atoms with van der Waals surface area (Å²) in [5, 5.41) is 9.70. The van der Waals surface area contributed by atoms with Crippen molar-refractivity contribution in [1.82, 2.24) is 10.2 Å². The first-order valence-corrected chi connectivity index (χ1v) is 9.66. The second kappa shape index (κ2) is 8.48. The van der Waals surface area contributed by atoms with Crippen LogP contribution in [0.3, 0.4) is 0 Å². The van der Waals surface area contributed by atoms with Crippen molar-refractivity contribution in [1.29, 1.82) is 0 Å². The van der Waals surface area contributed by atoms with E-state index < -0.39 is 5.82 Å². The molecule has 3 aromatic rings. The summed E-state index contributed by atoms with van der Waals surface area (Å²) in [6.07, 6.45) is 0.880. The van der Waals surface area contributed by atoms with Gasteiger partial charge < -0.3 is 14.3 Å². The van der Waals surface area contributed by atoms with E-state index in [1.165, 1.54) is 30.6 Å². The van der Waals surface area contributed by atoms with Crippen molar-refractivity contribution in [2.75, 3.05) is 7.11 Å². The average molecular weight is 400 g/mol. The van der Waals surface area contributed by atoms with E-state index >= 15 is 0 Å². The van der Waals surface area contributed by atoms with Crippen LogP contribution in [-0.4, -0.2) is 29.7 Å². The molecule has 5 nitrogen and oxygen atoms in total. The third-order valence-electron chi connectivity index (χ3n) is 4.08. The number of aryl methyl sites for hydroxylation is 1. The van der Waals surface area contributed by atoms with Crippen molar-refractivity contribution in [3.8, 4) is 32.6 Å². The average Bonchev–Trinajstić information content (AvgIpc) is 3.13. The second-order valence-electron chi connectivity index (χ2n) is 6.58. The van der Waals surface area contributed by atoms with Crippen molar-refractivity contribution in [3.05, 3.63) is 47.3 Å². The lowest BCUT2D eigenvalue weighted by Crippen LogP contribution is -2.06. The monoisotopic (exact) mass is 400 g/mol. The molecule has 0 aliphatic carbocycles. The zero-order valence-electron chi connectivity index (χ0n) is 16.2. The normalized spacial score (nSPS) is 10.9. The standard InChI is InChI=1S/C21H21FN2O3S/c1-12(2)27-18-6-5-15(9-13(18)3)20-23-24-21(28-20)17-11-16(22)10-14(7-8-25)19(17)26-4/h5-6,8-12H,7H2,1-4H3. The molecular weight excluding hydrogens is 379 g/mol. The minimum atomic E-state index is -0.449. The van der Waals surface area contributed by atoms with Gasteiger partial charge in [0.1, 0.15) is 28.6 Å². The van der Waals surface area contributed by atoms with Crippen LogP contribution in [0.15, 0.2) is 30.3 Å². The number of benzene rings is 2. The predicted octanol–water partition coefficient (Wildman–Crippen LogP) is 4.86. The Labute approximate surface area is 167 Å². The van der Waals surface area contributed by atoms with E-state index in [1.54, 1.807) is 0 Å². The number of methoxy groups -OCH3 is 1. The Morgan fingerprint density at radius 2 is 1.93 bits per heavy atom. The van der Waals surface area contributed by atoms with Crippen LogP contribution in [0.1, 0.15) is 25.0 Å². The van der Waals surface area contributed by atoms with Crippen molar-refractivity contribution >= 4 is 17.6 Å². The topological polar surface area (TPSA) is 61.3 Å². The van der Waals surface area contributed by atoms with Crippen LogP contribution in [-0.2, 0) is 11.2 Å². The number of aldehydes is 1. The Balaban J connectivity index is 1.99. The highest BCUT2D eigenvalue weighted by atomic mass is 32.1. The highest BCUT2D eigenvalue weighted by Gasteiger charge is 2.18. The van der Waals surface area contributed by atoms with Gasteiger partial charge in [-0.25, -0.2) is 4.39 Å². The first-order valence-electron chi connectivity index (χ1n) is 8.84. The van der Waals surface area contributed by atoms with E-state index in [0.717, 1.165) is 23.2 Å². The molecule has 0 aliphatic heterocycles. The summed E-state index contributed by atoms with van der Waals surface area (Å²) in [6.45, 7) is 5.94. The van der Waals surface area contributed by atoms with E-state index in [-0.39, 0.29) is 12.5 Å². The lowest BCUT2D eigenvalue weighted by molar-refractivity contribution is -0.107. The number of hydrogen-bond donors (Lipinski definition) is 0. The summed E-state index contributed by atoms with van der Waals surface area (Å²) in [5.41, 5.74) is 2.87. The van der Waals surface area contributed by atoms with Gasteiger partial charge in [0.05, 0.1) is 18.8 Å². The minimum absolute atomic E-state index is 0.0656. The molecule has 0 atom stereocenters. The van der Waals surface area contributed by atoms with Crippen LogP contribution in [0.25, 0.3) is 21.1 Å². The number of nitrogens with zero attached hydrogens (tertiary/aromatic N) is 2. The maximum Gasteiger partial charge on any atom is 0.151 e. The molecule has 0 fully saturated rings. The van der Waals surface area contributed by atoms with E-state index in [2.05, 4.69) is 10.2 Å². The lowest BCUT2D eigenvalue weighted by atomic mass is 10.1. The third-order valence-corrected chi connectivity index (χ3v) is 5.08. The van der Waals surface area contributed by atoms with E-state index in [4.69, 9.17) is 9.47 Å². The molecule has 0 unspecified atom stereocenters. The van der Waals surface area contributed by atoms with Crippen LogP contribution < -0.4 is 9.47 Å². The highest BCUT2D eigenvalue weighted by Crippen LogP contribution is 2.38. The molecule has 1 heterocycles. The Kier molecular flexibility index (Phi) is 6.04. The first kappa shape index (κ1) is 19.9. The lowest BCUT2D eigenvalue weighted by Gasteiger charge is -2.12. The van der Waals surface area contributed by atoms with Gasteiger partial charge in [-0.2, -0.15) is 0 Å². The summed E-state index contributed by atoms with van der Waals surface area (Å²) in [7, 11) is 1.49. The second-order valence-corrected chi connectivity index (χ2v) is 7.55. The van der Waals surface area contributed by atoms with Gasteiger partial charge in [0.15, 0.2) is 5.01 Å². The molecule has 0 spiro atoms. The van der Waals surface area contributed by atoms with Gasteiger partial charge in [-0.15, -0.1) is 10.2 Å². The molecule has 7 heteroatoms. The summed E-state index contributed by atoms with van der Waals surface area (Å²) in [6, 6.07) is 8.48. The molecule has 0 N–H and O–H groups in total. The van der Waals surface area contributed by atoms with Crippen LogP contribution in [0.2, 0.25) is 0 Å². The maximum atomic E-state index is 14.1. The number of carbonyl (C=O) groups is 1. The highest BCUT2D eigenvalue weighted by molar-refractivity contribution is 7.18. The van der Waals surface area contributed by atoms with Gasteiger partial charge >= 0.3 is 0 Å². The molecule has 0 radical (unpaired) electrons. The third kappa shape index (κ3) is 4.20. The molecular formula is C21H21FN2O3S. The fourth-order valence-corrected chi connectivity index (χ4v) is 3.76. The van der Waals surface area contributed by atoms with Gasteiger partial charge in [-0.05, 0) is 56.7 Å². The fourth-order valence-electron chi connectivity index (χ4n) is 2.91. The smallest absolute Gasteiger partial charge is 0.151 e. The SMILES string of the molecule is COc1c(CC=O)cc(F)cc1-c1nnc(-c2ccc(OC(C)C)c(C)c2)s1. The summed E-state index contributed by atoms with van der Waals surface area (Å²) in [4.78, 5) is 10.9. The molecule has 0 amide bonds. The van der Waals surface area contributed by atoms with Gasteiger partial charge in [0, 0.05) is 17.5 Å². The van der Waals surface area contributed by atoms with Gasteiger partial charge in [0.2, 0.25) is 0 Å². The van der Waals surface area contributed by atoms with Gasteiger partial charge in [-0.1, -0.05) is 11.3 Å². The molecule has 1 aromatic heterocycles. The van der Waals surface area contributed by atoms with Crippen LogP contribution in [0.5, 0.6) is 11.5 Å². The molecule has 0 saturated carbocycles. The maximum absolute atomic E-state index is 14.1. The van der Waals surface area contributed by atoms with Crippen LogP contribution in [0, 0.1) is 12.7 Å². The Bertz CT molecular complexity index is 1000. The van der Waals surface area contributed by atoms with Crippen molar-refractivity contribution in [2.45, 2.75) is 33.3 Å². The van der Waals surface area contributed by atoms with Gasteiger partial charge in [-0.3, -0.25) is 0 Å². The quantitative estimate of drug-likeness (QED) is 0.530. The first-order chi connectivity index (χ1) is 13.4.